The van der Waals surface area contributed by atoms with E-state index in [-0.39, 0.29) is 17.5 Å². The number of hydrogen-bond acceptors (Lipinski definition) is 3. The molecule has 0 saturated heterocycles. The van der Waals surface area contributed by atoms with Crippen molar-refractivity contribution < 1.29 is 4.79 Å². The minimum Gasteiger partial charge on any atom is -0.390 e. The molecule has 142 valence electrons. The molecular weight excluding hydrogens is 310 g/mol. The van der Waals surface area contributed by atoms with Gasteiger partial charge in [0.2, 0.25) is 0 Å². The summed E-state index contributed by atoms with van der Waals surface area (Å²) < 4.78 is 0. The summed E-state index contributed by atoms with van der Waals surface area (Å²) in [5.41, 5.74) is 0.197. The summed E-state index contributed by atoms with van der Waals surface area (Å²) in [7, 11) is 0. The molecule has 0 atom stereocenters. The number of amides is 1. The quantitative estimate of drug-likeness (QED) is 0.388. The Bertz CT molecular complexity index is 413. The fourth-order valence-electron chi connectivity index (χ4n) is 3.37. The van der Waals surface area contributed by atoms with E-state index < -0.39 is 0 Å². The number of rotatable bonds is 7. The van der Waals surface area contributed by atoms with Gasteiger partial charge in [0.05, 0.1) is 0 Å². The smallest absolute Gasteiger partial charge is 0.263 e. The second-order valence-corrected chi connectivity index (χ2v) is 7.26. The van der Waals surface area contributed by atoms with Crippen LogP contribution in [0.1, 0.15) is 96.8 Å². The van der Waals surface area contributed by atoms with E-state index in [1.807, 2.05) is 6.07 Å². The molecule has 4 heteroatoms. The lowest BCUT2D eigenvalue weighted by Gasteiger charge is -2.19. The van der Waals surface area contributed by atoms with Gasteiger partial charge in [0.1, 0.15) is 11.6 Å². The van der Waals surface area contributed by atoms with E-state index in [9.17, 15) is 10.1 Å². The Morgan fingerprint density at radius 3 is 2.08 bits per heavy atom. The van der Waals surface area contributed by atoms with E-state index in [1.165, 1.54) is 64.2 Å². The average molecular weight is 348 g/mol. The van der Waals surface area contributed by atoms with Crippen molar-refractivity contribution in [1.82, 2.24) is 10.6 Å². The zero-order valence-electron chi connectivity index (χ0n) is 16.1. The van der Waals surface area contributed by atoms with E-state index in [0.717, 1.165) is 32.2 Å². The van der Waals surface area contributed by atoms with Crippen LogP contribution in [0.3, 0.4) is 0 Å². The number of nitriles is 1. The maximum atomic E-state index is 12.4. The average Bonchev–Trinajstić information content (AvgIpc) is 2.60. The zero-order chi connectivity index (χ0) is 18.2. The number of nitrogens with zero attached hydrogens (tertiary/aromatic N) is 1. The molecule has 1 aliphatic rings. The van der Waals surface area contributed by atoms with Crippen LogP contribution < -0.4 is 10.6 Å². The van der Waals surface area contributed by atoms with Gasteiger partial charge in [0.25, 0.3) is 5.91 Å². The van der Waals surface area contributed by atoms with Crippen LogP contribution in [0.4, 0.5) is 0 Å². The molecule has 1 fully saturated rings. The van der Waals surface area contributed by atoms with Crippen LogP contribution in [0.5, 0.6) is 0 Å². The predicted octanol–water partition coefficient (Wildman–Crippen LogP) is 4.96. The number of hydrogen-bond donors (Lipinski definition) is 2. The Morgan fingerprint density at radius 2 is 1.56 bits per heavy atom. The molecule has 0 unspecified atom stereocenters. The highest BCUT2D eigenvalue weighted by atomic mass is 16.1. The van der Waals surface area contributed by atoms with E-state index in [1.54, 1.807) is 6.20 Å². The van der Waals surface area contributed by atoms with E-state index in [0.29, 0.717) is 0 Å². The van der Waals surface area contributed by atoms with Crippen LogP contribution in [0, 0.1) is 11.3 Å². The third kappa shape index (κ3) is 10.9. The maximum absolute atomic E-state index is 12.4. The molecule has 0 bridgehead atoms. The summed E-state index contributed by atoms with van der Waals surface area (Å²) in [6, 6.07) is 2.25. The monoisotopic (exact) mass is 347 g/mol. The van der Waals surface area contributed by atoms with E-state index in [2.05, 4.69) is 17.6 Å². The third-order valence-electron chi connectivity index (χ3n) is 4.98. The largest absolute Gasteiger partial charge is 0.390 e. The van der Waals surface area contributed by atoms with Gasteiger partial charge in [-0.1, -0.05) is 77.6 Å². The van der Waals surface area contributed by atoms with Gasteiger partial charge in [-0.15, -0.1) is 0 Å². The Morgan fingerprint density at radius 1 is 1.00 bits per heavy atom. The van der Waals surface area contributed by atoms with Crippen molar-refractivity contribution in [2.75, 3.05) is 6.54 Å². The summed E-state index contributed by atoms with van der Waals surface area (Å²) in [5.74, 6) is -0.220. The van der Waals surface area contributed by atoms with Crippen molar-refractivity contribution in [3.8, 4) is 6.07 Å². The standard InChI is InChI=1S/C21H37N3O/c1-2-3-13-16-23-18-19(17-22)21(25)24-20-14-11-9-7-5-4-6-8-10-12-15-20/h18,20,23H,2-16H2,1H3,(H,24,25)/b19-18-. The highest BCUT2D eigenvalue weighted by molar-refractivity contribution is 5.97. The molecule has 1 aliphatic carbocycles. The fraction of sp³-hybridized carbons (Fsp3) is 0.810. The second kappa shape index (κ2) is 14.8. The molecule has 0 aliphatic heterocycles. The normalized spacial score (nSPS) is 18.5. The molecule has 25 heavy (non-hydrogen) atoms. The van der Waals surface area contributed by atoms with Gasteiger partial charge < -0.3 is 10.6 Å². The number of unbranched alkanes of at least 4 members (excludes halogenated alkanes) is 2. The van der Waals surface area contributed by atoms with Crippen molar-refractivity contribution in [2.24, 2.45) is 0 Å². The van der Waals surface area contributed by atoms with Crippen molar-refractivity contribution in [1.29, 1.82) is 5.26 Å². The van der Waals surface area contributed by atoms with Crippen LogP contribution in [0.2, 0.25) is 0 Å². The van der Waals surface area contributed by atoms with Gasteiger partial charge in [-0.3, -0.25) is 4.79 Å². The van der Waals surface area contributed by atoms with Gasteiger partial charge in [-0.25, -0.2) is 0 Å². The summed E-state index contributed by atoms with van der Waals surface area (Å²) in [5, 5.41) is 15.5. The fourth-order valence-corrected chi connectivity index (χ4v) is 3.37. The van der Waals surface area contributed by atoms with Crippen LogP contribution >= 0.6 is 0 Å². The van der Waals surface area contributed by atoms with Crippen LogP contribution in [0.15, 0.2) is 11.8 Å². The summed E-state index contributed by atoms with van der Waals surface area (Å²) >= 11 is 0. The first-order chi connectivity index (χ1) is 12.3. The molecule has 1 amide bonds. The molecule has 2 N–H and O–H groups in total. The van der Waals surface area contributed by atoms with Gasteiger partial charge in [-0.05, 0) is 19.3 Å². The lowest BCUT2D eigenvalue weighted by Crippen LogP contribution is -2.36. The Hall–Kier alpha value is -1.50. The highest BCUT2D eigenvalue weighted by Crippen LogP contribution is 2.17. The van der Waals surface area contributed by atoms with Crippen molar-refractivity contribution in [3.63, 3.8) is 0 Å². The molecule has 0 aromatic carbocycles. The first-order valence-corrected chi connectivity index (χ1v) is 10.4. The second-order valence-electron chi connectivity index (χ2n) is 7.26. The topological polar surface area (TPSA) is 64.9 Å². The van der Waals surface area contributed by atoms with Gasteiger partial charge in [0, 0.05) is 18.8 Å². The van der Waals surface area contributed by atoms with Gasteiger partial charge in [0.15, 0.2) is 0 Å². The van der Waals surface area contributed by atoms with E-state index in [4.69, 9.17) is 0 Å². The molecule has 0 aromatic heterocycles. The number of carbonyl (C=O) groups excluding carboxylic acids is 1. The summed E-state index contributed by atoms with van der Waals surface area (Å²) in [4.78, 5) is 12.4. The lowest BCUT2D eigenvalue weighted by molar-refractivity contribution is -0.117. The molecular formula is C21H37N3O. The van der Waals surface area contributed by atoms with Crippen LogP contribution in [-0.2, 0) is 4.79 Å². The SMILES string of the molecule is CCCCCN/C=C(/C#N)C(=O)NC1CCCCCCCCCCC1. The van der Waals surface area contributed by atoms with Crippen molar-refractivity contribution >= 4 is 5.91 Å². The molecule has 1 rings (SSSR count). The molecule has 0 aromatic rings. The number of carbonyl (C=O) groups is 1. The van der Waals surface area contributed by atoms with Crippen LogP contribution in [-0.4, -0.2) is 18.5 Å². The molecule has 4 nitrogen and oxygen atoms in total. The first kappa shape index (κ1) is 21.5. The van der Waals surface area contributed by atoms with Gasteiger partial charge in [-0.2, -0.15) is 5.26 Å². The molecule has 1 saturated carbocycles. The first-order valence-electron chi connectivity index (χ1n) is 10.4. The zero-order valence-corrected chi connectivity index (χ0v) is 16.1. The van der Waals surface area contributed by atoms with Crippen molar-refractivity contribution in [2.45, 2.75) is 103 Å². The van der Waals surface area contributed by atoms with Crippen LogP contribution in [0.25, 0.3) is 0 Å². The van der Waals surface area contributed by atoms with Crippen molar-refractivity contribution in [3.05, 3.63) is 11.8 Å². The minimum absolute atomic E-state index is 0.197. The summed E-state index contributed by atoms with van der Waals surface area (Å²) in [6.45, 7) is 2.97. The summed E-state index contributed by atoms with van der Waals surface area (Å²) in [6.07, 6.45) is 18.6. The molecule has 0 heterocycles. The highest BCUT2D eigenvalue weighted by Gasteiger charge is 2.15. The molecule has 0 radical (unpaired) electrons. The van der Waals surface area contributed by atoms with E-state index >= 15 is 0 Å². The Labute approximate surface area is 154 Å². The molecule has 0 spiro atoms. The lowest BCUT2D eigenvalue weighted by atomic mass is 9.98. The predicted molar refractivity (Wildman–Crippen MR) is 104 cm³/mol. The Balaban J connectivity index is 2.45. The third-order valence-corrected chi connectivity index (χ3v) is 4.98. The minimum atomic E-state index is -0.220. The Kier molecular flexibility index (Phi) is 12.8. The van der Waals surface area contributed by atoms with Gasteiger partial charge >= 0.3 is 0 Å². The maximum Gasteiger partial charge on any atom is 0.263 e. The number of nitrogens with one attached hydrogen (secondary N) is 2.